The van der Waals surface area contributed by atoms with Gasteiger partial charge in [-0.2, -0.15) is 0 Å². The van der Waals surface area contributed by atoms with Crippen molar-refractivity contribution in [2.45, 2.75) is 52.1 Å². The molecule has 0 fully saturated rings. The molecule has 0 bridgehead atoms. The van der Waals surface area contributed by atoms with Gasteiger partial charge in [0.1, 0.15) is 5.00 Å². The summed E-state index contributed by atoms with van der Waals surface area (Å²) in [6.07, 6.45) is 4.42. The molecule has 0 saturated carbocycles. The highest BCUT2D eigenvalue weighted by molar-refractivity contribution is 7.17. The summed E-state index contributed by atoms with van der Waals surface area (Å²) in [6, 6.07) is 17.8. The van der Waals surface area contributed by atoms with Crippen molar-refractivity contribution < 1.29 is 23.9 Å². The first kappa shape index (κ1) is 28.1. The predicted molar refractivity (Wildman–Crippen MR) is 162 cm³/mol. The number of carbonyl (C=O) groups excluding carboxylic acids is 3. The fourth-order valence-corrected chi connectivity index (χ4v) is 7.19. The first-order chi connectivity index (χ1) is 20.5. The highest BCUT2D eigenvalue weighted by Crippen LogP contribution is 2.38. The maximum absolute atomic E-state index is 13.7. The van der Waals surface area contributed by atoms with Crippen LogP contribution in [-0.4, -0.2) is 47.5 Å². The molecule has 4 aromatic rings. The number of hydrogen-bond acceptors (Lipinski definition) is 8. The lowest BCUT2D eigenvalue weighted by atomic mass is 9.95. The first-order valence-corrected chi connectivity index (χ1v) is 15.3. The highest BCUT2D eigenvalue weighted by atomic mass is 32.1. The van der Waals surface area contributed by atoms with Crippen LogP contribution < -0.4 is 5.32 Å². The third-order valence-electron chi connectivity index (χ3n) is 7.82. The Bertz CT molecular complexity index is 1650. The number of nitrogens with zero attached hydrogens (tertiary/aromatic N) is 2. The van der Waals surface area contributed by atoms with Crippen LogP contribution >= 0.6 is 11.3 Å². The second kappa shape index (κ2) is 12.4. The second-order valence-corrected chi connectivity index (χ2v) is 11.7. The molecule has 2 aromatic heterocycles. The number of nitrogens with one attached hydrogen (secondary N) is 1. The number of thiophene rings is 1. The Labute approximate surface area is 248 Å². The van der Waals surface area contributed by atoms with Gasteiger partial charge in [0.15, 0.2) is 6.61 Å². The Morgan fingerprint density at radius 3 is 2.50 bits per heavy atom. The van der Waals surface area contributed by atoms with Crippen LogP contribution in [0.15, 0.2) is 54.6 Å². The monoisotopic (exact) mass is 583 g/mol. The number of esters is 2. The first-order valence-electron chi connectivity index (χ1n) is 14.5. The van der Waals surface area contributed by atoms with Crippen LogP contribution in [0, 0.1) is 0 Å². The molecule has 3 heterocycles. The number of para-hydroxylation sites is 1. The average molecular weight is 584 g/mol. The minimum Gasteiger partial charge on any atom is -0.462 e. The molecular formula is C33H33N3O5S. The Morgan fingerprint density at radius 2 is 1.67 bits per heavy atom. The average Bonchev–Trinajstić information content (AvgIpc) is 3.37. The summed E-state index contributed by atoms with van der Waals surface area (Å²) >= 11 is 1.41. The molecule has 0 spiro atoms. The van der Waals surface area contributed by atoms with Gasteiger partial charge in [0.05, 0.1) is 23.3 Å². The standard InChI is InChI=1S/C33H33N3O5S/c1-2-40-33(39)30-23-13-7-9-15-27(23)42-31(30)35-28(37)20-41-32(38)29-22-12-6-8-14-25(22)34-26-16-17-36(19-24(26)29)18-21-10-4-3-5-11-21/h3-6,8,10-12,14H,2,7,9,13,15-20H2,1H3,(H,35,37). The van der Waals surface area contributed by atoms with Gasteiger partial charge in [0, 0.05) is 47.6 Å². The van der Waals surface area contributed by atoms with Crippen LogP contribution in [0.25, 0.3) is 10.9 Å². The summed E-state index contributed by atoms with van der Waals surface area (Å²) in [5.74, 6) is -1.48. The topological polar surface area (TPSA) is 97.8 Å². The predicted octanol–water partition coefficient (Wildman–Crippen LogP) is 5.71. The molecule has 0 unspecified atom stereocenters. The van der Waals surface area contributed by atoms with E-state index in [1.807, 2.05) is 42.5 Å². The summed E-state index contributed by atoms with van der Waals surface area (Å²) in [4.78, 5) is 47.7. The molecule has 1 aliphatic heterocycles. The van der Waals surface area contributed by atoms with Gasteiger partial charge in [-0.05, 0) is 49.8 Å². The number of aryl methyl sites for hydroxylation is 1. The molecule has 6 rings (SSSR count). The van der Waals surface area contributed by atoms with Crippen molar-refractivity contribution in [2.24, 2.45) is 0 Å². The fourth-order valence-electron chi connectivity index (χ4n) is 5.89. The van der Waals surface area contributed by atoms with E-state index in [0.717, 1.165) is 66.0 Å². The molecule has 9 heteroatoms. The summed E-state index contributed by atoms with van der Waals surface area (Å²) < 4.78 is 10.9. The van der Waals surface area contributed by atoms with Crippen LogP contribution in [-0.2, 0) is 46.6 Å². The summed E-state index contributed by atoms with van der Waals surface area (Å²) in [7, 11) is 0. The molecule has 0 radical (unpaired) electrons. The minimum absolute atomic E-state index is 0.251. The fraction of sp³-hybridized carbons (Fsp3) is 0.333. The van der Waals surface area contributed by atoms with E-state index >= 15 is 0 Å². The third-order valence-corrected chi connectivity index (χ3v) is 9.02. The Morgan fingerprint density at radius 1 is 0.905 bits per heavy atom. The maximum Gasteiger partial charge on any atom is 0.341 e. The van der Waals surface area contributed by atoms with E-state index in [0.29, 0.717) is 34.5 Å². The molecule has 0 atom stereocenters. The number of ether oxygens (including phenoxy) is 2. The van der Waals surface area contributed by atoms with E-state index in [1.54, 1.807) is 6.92 Å². The van der Waals surface area contributed by atoms with Gasteiger partial charge < -0.3 is 14.8 Å². The Hall–Kier alpha value is -4.08. The van der Waals surface area contributed by atoms with Gasteiger partial charge in [-0.15, -0.1) is 11.3 Å². The zero-order valence-electron chi connectivity index (χ0n) is 23.6. The number of amides is 1. The molecule has 2 aromatic carbocycles. The number of benzene rings is 2. The SMILES string of the molecule is CCOC(=O)c1c(NC(=O)COC(=O)c2c3c(nc4ccccc24)CCN(Cc2ccccc2)C3)sc2c1CCCC2. The van der Waals surface area contributed by atoms with Crippen LogP contribution in [0.3, 0.4) is 0 Å². The number of pyridine rings is 1. The van der Waals surface area contributed by atoms with Crippen LogP contribution in [0.4, 0.5) is 5.00 Å². The Kier molecular flexibility index (Phi) is 8.30. The molecule has 1 amide bonds. The number of anilines is 1. The highest BCUT2D eigenvalue weighted by Gasteiger charge is 2.29. The maximum atomic E-state index is 13.7. The molecule has 0 saturated heterocycles. The molecule has 216 valence electrons. The lowest BCUT2D eigenvalue weighted by Crippen LogP contribution is -2.32. The van der Waals surface area contributed by atoms with Crippen LogP contribution in [0.2, 0.25) is 0 Å². The number of hydrogen-bond donors (Lipinski definition) is 1. The zero-order valence-corrected chi connectivity index (χ0v) is 24.4. The molecule has 42 heavy (non-hydrogen) atoms. The van der Waals surface area contributed by atoms with Gasteiger partial charge >= 0.3 is 11.9 Å². The number of fused-ring (bicyclic) bond motifs is 3. The zero-order chi connectivity index (χ0) is 29.1. The lowest BCUT2D eigenvalue weighted by Gasteiger charge is -2.30. The van der Waals surface area contributed by atoms with E-state index in [9.17, 15) is 14.4 Å². The van der Waals surface area contributed by atoms with Crippen molar-refractivity contribution in [3.05, 3.63) is 93.0 Å². The van der Waals surface area contributed by atoms with Gasteiger partial charge in [-0.25, -0.2) is 9.59 Å². The summed E-state index contributed by atoms with van der Waals surface area (Å²) in [6.45, 7) is 3.69. The second-order valence-electron chi connectivity index (χ2n) is 10.6. The van der Waals surface area contributed by atoms with Crippen LogP contribution in [0.1, 0.15) is 67.7 Å². The summed E-state index contributed by atoms with van der Waals surface area (Å²) in [5, 5.41) is 4.00. The van der Waals surface area contributed by atoms with E-state index in [1.165, 1.54) is 16.9 Å². The molecule has 2 aliphatic rings. The number of rotatable bonds is 8. The smallest absolute Gasteiger partial charge is 0.341 e. The lowest BCUT2D eigenvalue weighted by molar-refractivity contribution is -0.119. The number of carbonyl (C=O) groups is 3. The van der Waals surface area contributed by atoms with E-state index in [4.69, 9.17) is 14.5 Å². The normalized spacial score (nSPS) is 14.6. The van der Waals surface area contributed by atoms with Crippen molar-refractivity contribution in [1.82, 2.24) is 9.88 Å². The largest absolute Gasteiger partial charge is 0.462 e. The van der Waals surface area contributed by atoms with Crippen molar-refractivity contribution in [3.63, 3.8) is 0 Å². The van der Waals surface area contributed by atoms with E-state index < -0.39 is 24.5 Å². The van der Waals surface area contributed by atoms with Gasteiger partial charge in [-0.1, -0.05) is 48.5 Å². The third kappa shape index (κ3) is 5.80. The van der Waals surface area contributed by atoms with E-state index in [-0.39, 0.29) is 6.61 Å². The minimum atomic E-state index is -0.558. The number of aromatic nitrogens is 1. The quantitative estimate of drug-likeness (QED) is 0.266. The van der Waals surface area contributed by atoms with Gasteiger partial charge in [0.2, 0.25) is 0 Å². The Balaban J connectivity index is 1.22. The van der Waals surface area contributed by atoms with Crippen molar-refractivity contribution in [2.75, 3.05) is 25.1 Å². The molecule has 1 N–H and O–H groups in total. The van der Waals surface area contributed by atoms with Crippen molar-refractivity contribution >= 4 is 45.1 Å². The summed E-state index contributed by atoms with van der Waals surface area (Å²) in [5.41, 5.74) is 5.52. The van der Waals surface area contributed by atoms with Crippen molar-refractivity contribution in [1.29, 1.82) is 0 Å². The van der Waals surface area contributed by atoms with Gasteiger partial charge in [0.25, 0.3) is 5.91 Å². The molecule has 8 nitrogen and oxygen atoms in total. The van der Waals surface area contributed by atoms with Gasteiger partial charge in [-0.3, -0.25) is 14.7 Å². The van der Waals surface area contributed by atoms with E-state index in [2.05, 4.69) is 22.3 Å². The molecular weight excluding hydrogens is 550 g/mol. The van der Waals surface area contributed by atoms with Crippen molar-refractivity contribution in [3.8, 4) is 0 Å². The molecule has 1 aliphatic carbocycles. The van der Waals surface area contributed by atoms with Crippen LogP contribution in [0.5, 0.6) is 0 Å².